The molecule has 1 amide bonds. The molecule has 4 nitrogen and oxygen atoms in total. The molecule has 1 N–H and O–H groups in total. The molecular weight excluding hydrogens is 310 g/mol. The Kier molecular flexibility index (Phi) is 4.12. The van der Waals surface area contributed by atoms with Gasteiger partial charge in [-0.2, -0.15) is 0 Å². The van der Waals surface area contributed by atoms with E-state index in [1.54, 1.807) is 23.6 Å². The summed E-state index contributed by atoms with van der Waals surface area (Å²) in [5.74, 6) is -1.33. The highest BCUT2D eigenvalue weighted by Crippen LogP contribution is 2.39. The lowest BCUT2D eigenvalue weighted by Crippen LogP contribution is -2.31. The van der Waals surface area contributed by atoms with Crippen LogP contribution in [0.2, 0.25) is 0 Å². The van der Waals surface area contributed by atoms with Gasteiger partial charge in [-0.1, -0.05) is 42.5 Å². The standard InChI is InChI=1S/C18H15NO3S/c1-2-10-19-15(12-7-4-3-5-8-12)14(17(21)18(19)22)16(20)13-9-6-11-23-13/h2-9,11,15,21H,1,10H2/t15-/m1/s1. The molecule has 1 aliphatic heterocycles. The molecule has 0 unspecified atom stereocenters. The van der Waals surface area contributed by atoms with Gasteiger partial charge in [0.25, 0.3) is 5.91 Å². The van der Waals surface area contributed by atoms with Crippen molar-refractivity contribution in [2.75, 3.05) is 6.54 Å². The topological polar surface area (TPSA) is 57.6 Å². The summed E-state index contributed by atoms with van der Waals surface area (Å²) in [6, 6.07) is 12.1. The SMILES string of the molecule is C=CCN1C(=O)C(O)=C(C(=O)c2cccs2)[C@H]1c1ccccc1. The average molecular weight is 325 g/mol. The minimum absolute atomic E-state index is 0.130. The van der Waals surface area contributed by atoms with Gasteiger partial charge in [0.05, 0.1) is 16.5 Å². The monoisotopic (exact) mass is 325 g/mol. The highest BCUT2D eigenvalue weighted by Gasteiger charge is 2.43. The molecule has 116 valence electrons. The summed E-state index contributed by atoms with van der Waals surface area (Å²) < 4.78 is 0. The van der Waals surface area contributed by atoms with Crippen LogP contribution in [0.3, 0.4) is 0 Å². The zero-order valence-corrected chi connectivity index (χ0v) is 13.1. The third-order valence-corrected chi connectivity index (χ3v) is 4.60. The summed E-state index contributed by atoms with van der Waals surface area (Å²) in [7, 11) is 0. The summed E-state index contributed by atoms with van der Waals surface area (Å²) in [6.07, 6.45) is 1.58. The van der Waals surface area contributed by atoms with Gasteiger partial charge in [0.1, 0.15) is 0 Å². The summed E-state index contributed by atoms with van der Waals surface area (Å²) in [4.78, 5) is 27.1. The van der Waals surface area contributed by atoms with Crippen molar-refractivity contribution in [1.82, 2.24) is 4.90 Å². The van der Waals surface area contributed by atoms with Crippen molar-refractivity contribution in [3.63, 3.8) is 0 Å². The molecule has 2 aromatic rings. The molecule has 2 heterocycles. The van der Waals surface area contributed by atoms with E-state index < -0.39 is 17.7 Å². The molecule has 0 spiro atoms. The molecular formula is C18H15NO3S. The van der Waals surface area contributed by atoms with Crippen molar-refractivity contribution in [1.29, 1.82) is 0 Å². The van der Waals surface area contributed by atoms with E-state index >= 15 is 0 Å². The number of Topliss-reactive ketones (excluding diaryl/α,β-unsaturated/α-hetero) is 1. The van der Waals surface area contributed by atoms with Crippen LogP contribution in [0.1, 0.15) is 21.3 Å². The zero-order chi connectivity index (χ0) is 16.4. The van der Waals surface area contributed by atoms with Crippen molar-refractivity contribution < 1.29 is 14.7 Å². The van der Waals surface area contributed by atoms with Crippen LogP contribution in [0.4, 0.5) is 0 Å². The van der Waals surface area contributed by atoms with Crippen LogP contribution in [-0.4, -0.2) is 28.2 Å². The van der Waals surface area contributed by atoms with E-state index in [1.165, 1.54) is 16.2 Å². The van der Waals surface area contributed by atoms with Crippen LogP contribution >= 0.6 is 11.3 Å². The summed E-state index contributed by atoms with van der Waals surface area (Å²) >= 11 is 1.29. The first-order chi connectivity index (χ1) is 11.1. The Bertz CT molecular complexity index is 778. The Balaban J connectivity index is 2.11. The number of thiophene rings is 1. The number of carbonyl (C=O) groups is 2. The number of aliphatic hydroxyl groups is 1. The summed E-state index contributed by atoms with van der Waals surface area (Å²) in [5, 5.41) is 12.1. The minimum atomic E-state index is -0.601. The van der Waals surface area contributed by atoms with Gasteiger partial charge >= 0.3 is 0 Å². The molecule has 3 rings (SSSR count). The highest BCUT2D eigenvalue weighted by atomic mass is 32.1. The molecule has 1 aliphatic rings. The first-order valence-electron chi connectivity index (χ1n) is 7.13. The van der Waals surface area contributed by atoms with Crippen LogP contribution in [0.25, 0.3) is 0 Å². The van der Waals surface area contributed by atoms with Crippen molar-refractivity contribution in [3.8, 4) is 0 Å². The fourth-order valence-electron chi connectivity index (χ4n) is 2.74. The maximum atomic E-state index is 12.8. The van der Waals surface area contributed by atoms with E-state index in [0.717, 1.165) is 5.56 Å². The fraction of sp³-hybridized carbons (Fsp3) is 0.111. The molecule has 0 saturated heterocycles. The van der Waals surface area contributed by atoms with Crippen LogP contribution in [0, 0.1) is 0 Å². The molecule has 1 aromatic carbocycles. The smallest absolute Gasteiger partial charge is 0.290 e. The van der Waals surface area contributed by atoms with Gasteiger partial charge < -0.3 is 10.0 Å². The van der Waals surface area contributed by atoms with Gasteiger partial charge in [0.15, 0.2) is 5.76 Å². The number of hydrogen-bond acceptors (Lipinski definition) is 4. The van der Waals surface area contributed by atoms with Crippen LogP contribution in [0.15, 0.2) is 71.8 Å². The Hall–Kier alpha value is -2.66. The lowest BCUT2D eigenvalue weighted by molar-refractivity contribution is -0.128. The second kappa shape index (κ2) is 6.22. The number of amides is 1. The quantitative estimate of drug-likeness (QED) is 0.676. The van der Waals surface area contributed by atoms with Crippen molar-refractivity contribution in [3.05, 3.63) is 82.3 Å². The summed E-state index contributed by atoms with van der Waals surface area (Å²) in [6.45, 7) is 3.91. The van der Waals surface area contributed by atoms with Crippen molar-refractivity contribution in [2.24, 2.45) is 0 Å². The van der Waals surface area contributed by atoms with Gasteiger partial charge in [0.2, 0.25) is 5.78 Å². The van der Waals surface area contributed by atoms with Gasteiger partial charge in [-0.05, 0) is 17.0 Å². The highest BCUT2D eigenvalue weighted by molar-refractivity contribution is 7.12. The number of hydrogen-bond donors (Lipinski definition) is 1. The molecule has 0 bridgehead atoms. The Morgan fingerprint density at radius 1 is 1.26 bits per heavy atom. The van der Waals surface area contributed by atoms with E-state index in [4.69, 9.17) is 0 Å². The molecule has 1 atom stereocenters. The molecule has 1 aromatic heterocycles. The van der Waals surface area contributed by atoms with Crippen molar-refractivity contribution >= 4 is 23.0 Å². The van der Waals surface area contributed by atoms with Crippen LogP contribution in [-0.2, 0) is 4.79 Å². The van der Waals surface area contributed by atoms with Crippen LogP contribution < -0.4 is 0 Å². The second-order valence-corrected chi connectivity index (χ2v) is 6.08. The number of benzene rings is 1. The number of ketones is 1. The van der Waals surface area contributed by atoms with E-state index in [9.17, 15) is 14.7 Å². The third-order valence-electron chi connectivity index (χ3n) is 3.73. The lowest BCUT2D eigenvalue weighted by atomic mass is 9.95. The van der Waals surface area contributed by atoms with Gasteiger partial charge in [0, 0.05) is 6.54 Å². The third kappa shape index (κ3) is 2.59. The zero-order valence-electron chi connectivity index (χ0n) is 12.3. The van der Waals surface area contributed by atoms with Gasteiger partial charge in [-0.15, -0.1) is 17.9 Å². The first kappa shape index (κ1) is 15.2. The molecule has 0 fully saturated rings. The van der Waals surface area contributed by atoms with E-state index in [1.807, 2.05) is 30.3 Å². The normalized spacial score (nSPS) is 17.7. The van der Waals surface area contributed by atoms with Crippen molar-refractivity contribution in [2.45, 2.75) is 6.04 Å². The fourth-order valence-corrected chi connectivity index (χ4v) is 3.41. The Labute approximate surface area is 138 Å². The molecule has 5 heteroatoms. The number of rotatable bonds is 5. The maximum Gasteiger partial charge on any atom is 0.290 e. The average Bonchev–Trinajstić information content (AvgIpc) is 3.18. The number of carbonyl (C=O) groups excluding carboxylic acids is 2. The van der Waals surface area contributed by atoms with Crippen LogP contribution in [0.5, 0.6) is 0 Å². The largest absolute Gasteiger partial charge is 0.503 e. The lowest BCUT2D eigenvalue weighted by Gasteiger charge is -2.25. The van der Waals surface area contributed by atoms with E-state index in [2.05, 4.69) is 6.58 Å². The van der Waals surface area contributed by atoms with Gasteiger partial charge in [-0.25, -0.2) is 0 Å². The van der Waals surface area contributed by atoms with E-state index in [0.29, 0.717) is 4.88 Å². The molecule has 0 radical (unpaired) electrons. The second-order valence-electron chi connectivity index (χ2n) is 5.13. The Morgan fingerprint density at radius 3 is 2.61 bits per heavy atom. The number of aliphatic hydroxyl groups excluding tert-OH is 1. The molecule has 0 aliphatic carbocycles. The predicted octanol–water partition coefficient (Wildman–Crippen LogP) is 3.51. The van der Waals surface area contributed by atoms with E-state index in [-0.39, 0.29) is 17.9 Å². The molecule has 0 saturated carbocycles. The van der Waals surface area contributed by atoms with Gasteiger partial charge in [-0.3, -0.25) is 9.59 Å². The number of nitrogens with zero attached hydrogens (tertiary/aromatic N) is 1. The Morgan fingerprint density at radius 2 is 2.00 bits per heavy atom. The predicted molar refractivity (Wildman–Crippen MR) is 89.4 cm³/mol. The first-order valence-corrected chi connectivity index (χ1v) is 8.01. The minimum Gasteiger partial charge on any atom is -0.503 e. The maximum absolute atomic E-state index is 12.8. The molecule has 23 heavy (non-hydrogen) atoms. The summed E-state index contributed by atoms with van der Waals surface area (Å²) in [5.41, 5.74) is 0.914.